The summed E-state index contributed by atoms with van der Waals surface area (Å²) in [5, 5.41) is 0. The van der Waals surface area contributed by atoms with E-state index in [1.807, 2.05) is 25.1 Å². The Kier molecular flexibility index (Phi) is 2.81. The summed E-state index contributed by atoms with van der Waals surface area (Å²) in [5.41, 5.74) is 7.71. The van der Waals surface area contributed by atoms with Gasteiger partial charge in [0.2, 0.25) is 0 Å². The van der Waals surface area contributed by atoms with Gasteiger partial charge in [-0.2, -0.15) is 0 Å². The first kappa shape index (κ1) is 9.90. The molecule has 0 saturated carbocycles. The lowest BCUT2D eigenvalue weighted by Crippen LogP contribution is -2.09. The first-order valence-electron chi connectivity index (χ1n) is 5.14. The molecule has 0 saturated heterocycles. The molecule has 0 bridgehead atoms. The van der Waals surface area contributed by atoms with Crippen molar-refractivity contribution >= 4 is 5.69 Å². The highest BCUT2D eigenvalue weighted by atomic mass is 16.5. The van der Waals surface area contributed by atoms with E-state index < -0.39 is 0 Å². The van der Waals surface area contributed by atoms with Crippen molar-refractivity contribution in [3.63, 3.8) is 0 Å². The molecule has 1 aromatic carbocycles. The largest absolute Gasteiger partial charge is 0.493 e. The van der Waals surface area contributed by atoms with E-state index in [1.165, 1.54) is 5.56 Å². The normalized spacial score (nSPS) is 14.7. The highest BCUT2D eigenvalue weighted by Gasteiger charge is 2.13. The van der Waals surface area contributed by atoms with Crippen LogP contribution in [0.5, 0.6) is 11.5 Å². The van der Waals surface area contributed by atoms with Gasteiger partial charge in [0.1, 0.15) is 5.75 Å². The molecule has 80 valence electrons. The monoisotopic (exact) mass is 205 g/mol. The summed E-state index contributed by atoms with van der Waals surface area (Å²) >= 11 is 0. The van der Waals surface area contributed by atoms with Crippen LogP contribution in [0.25, 0.3) is 0 Å². The maximum atomic E-state index is 5.87. The van der Waals surface area contributed by atoms with Gasteiger partial charge >= 0.3 is 0 Å². The van der Waals surface area contributed by atoms with Gasteiger partial charge in [-0.05, 0) is 31.4 Å². The van der Waals surface area contributed by atoms with Crippen molar-refractivity contribution in [2.75, 3.05) is 12.3 Å². The number of hydrogen-bond acceptors (Lipinski definition) is 3. The van der Waals surface area contributed by atoms with Crippen molar-refractivity contribution in [3.05, 3.63) is 30.0 Å². The van der Waals surface area contributed by atoms with Gasteiger partial charge in [0, 0.05) is 6.07 Å². The first-order valence-corrected chi connectivity index (χ1v) is 5.14. The third-order valence-corrected chi connectivity index (χ3v) is 2.37. The lowest BCUT2D eigenvalue weighted by atomic mass is 10.1. The maximum Gasteiger partial charge on any atom is 0.153 e. The van der Waals surface area contributed by atoms with Crippen LogP contribution in [0.15, 0.2) is 24.5 Å². The third kappa shape index (κ3) is 2.06. The number of nitrogens with two attached hydrogens (primary N) is 1. The summed E-state index contributed by atoms with van der Waals surface area (Å²) in [5.74, 6) is 1.56. The number of benzene rings is 1. The van der Waals surface area contributed by atoms with E-state index >= 15 is 0 Å². The highest BCUT2D eigenvalue weighted by Crippen LogP contribution is 2.34. The Labute approximate surface area is 89.5 Å². The molecule has 3 nitrogen and oxygen atoms in total. The molecule has 1 aliphatic heterocycles. The van der Waals surface area contributed by atoms with Gasteiger partial charge in [-0.1, -0.05) is 6.08 Å². The summed E-state index contributed by atoms with van der Waals surface area (Å²) < 4.78 is 10.9. The zero-order valence-electron chi connectivity index (χ0n) is 8.82. The molecule has 1 aromatic rings. The van der Waals surface area contributed by atoms with Crippen LogP contribution >= 0.6 is 0 Å². The van der Waals surface area contributed by atoms with E-state index in [4.69, 9.17) is 15.2 Å². The van der Waals surface area contributed by atoms with Crippen LogP contribution in [0.2, 0.25) is 0 Å². The average molecular weight is 205 g/mol. The molecule has 0 unspecified atom stereocenters. The zero-order chi connectivity index (χ0) is 10.7. The molecule has 0 fully saturated rings. The SMILES string of the molecule is CC=COc1cc2c(cc1N)CCCO2. The highest BCUT2D eigenvalue weighted by molar-refractivity contribution is 5.59. The molecule has 2 N–H and O–H groups in total. The summed E-state index contributed by atoms with van der Waals surface area (Å²) in [7, 11) is 0. The Morgan fingerprint density at radius 1 is 1.47 bits per heavy atom. The number of rotatable bonds is 2. The summed E-state index contributed by atoms with van der Waals surface area (Å²) in [6.45, 7) is 2.67. The standard InChI is InChI=1S/C12H15NO2/c1-2-5-14-12-8-11-9(7-10(12)13)4-3-6-15-11/h2,5,7-8H,3-4,6,13H2,1H3. The predicted octanol–water partition coefficient (Wildman–Crippen LogP) is 2.51. The quantitative estimate of drug-likeness (QED) is 0.596. The van der Waals surface area contributed by atoms with Crippen LogP contribution in [-0.4, -0.2) is 6.61 Å². The van der Waals surface area contributed by atoms with Crippen molar-refractivity contribution in [2.24, 2.45) is 0 Å². The topological polar surface area (TPSA) is 44.5 Å². The van der Waals surface area contributed by atoms with E-state index in [0.717, 1.165) is 25.2 Å². The van der Waals surface area contributed by atoms with Crippen molar-refractivity contribution in [3.8, 4) is 11.5 Å². The van der Waals surface area contributed by atoms with Crippen LogP contribution in [0.1, 0.15) is 18.9 Å². The smallest absolute Gasteiger partial charge is 0.153 e. The van der Waals surface area contributed by atoms with Gasteiger partial charge in [0.05, 0.1) is 18.6 Å². The molecule has 2 rings (SSSR count). The Morgan fingerprint density at radius 3 is 3.13 bits per heavy atom. The fraction of sp³-hybridized carbons (Fsp3) is 0.333. The minimum absolute atomic E-state index is 0.661. The summed E-state index contributed by atoms with van der Waals surface area (Å²) in [4.78, 5) is 0. The van der Waals surface area contributed by atoms with Crippen molar-refractivity contribution < 1.29 is 9.47 Å². The van der Waals surface area contributed by atoms with Crippen molar-refractivity contribution in [2.45, 2.75) is 19.8 Å². The van der Waals surface area contributed by atoms with Gasteiger partial charge in [-0.25, -0.2) is 0 Å². The number of aryl methyl sites for hydroxylation is 1. The van der Waals surface area contributed by atoms with Crippen LogP contribution in [-0.2, 0) is 6.42 Å². The molecule has 1 heterocycles. The van der Waals surface area contributed by atoms with E-state index in [9.17, 15) is 0 Å². The number of anilines is 1. The predicted molar refractivity (Wildman–Crippen MR) is 60.1 cm³/mol. The van der Waals surface area contributed by atoms with E-state index in [-0.39, 0.29) is 0 Å². The number of nitrogen functional groups attached to an aromatic ring is 1. The number of hydrogen-bond donors (Lipinski definition) is 1. The third-order valence-electron chi connectivity index (χ3n) is 2.37. The van der Waals surface area contributed by atoms with Gasteiger partial charge in [-0.3, -0.25) is 0 Å². The summed E-state index contributed by atoms with van der Waals surface area (Å²) in [6.07, 6.45) is 5.52. The Hall–Kier alpha value is -1.64. The van der Waals surface area contributed by atoms with Gasteiger partial charge in [0.15, 0.2) is 5.75 Å². The molecule has 0 amide bonds. The average Bonchev–Trinajstić information content (AvgIpc) is 2.26. The molecule has 0 aliphatic carbocycles. The van der Waals surface area contributed by atoms with E-state index in [1.54, 1.807) is 6.26 Å². The van der Waals surface area contributed by atoms with Gasteiger partial charge < -0.3 is 15.2 Å². The Bertz CT molecular complexity index is 385. The maximum absolute atomic E-state index is 5.87. The molecule has 1 aliphatic rings. The van der Waals surface area contributed by atoms with Crippen LogP contribution in [0, 0.1) is 0 Å². The lowest BCUT2D eigenvalue weighted by Gasteiger charge is -2.18. The fourth-order valence-corrected chi connectivity index (χ4v) is 1.64. The van der Waals surface area contributed by atoms with E-state index in [2.05, 4.69) is 0 Å². The van der Waals surface area contributed by atoms with Crippen molar-refractivity contribution in [1.82, 2.24) is 0 Å². The van der Waals surface area contributed by atoms with E-state index in [0.29, 0.717) is 11.4 Å². The molecular formula is C12H15NO2. The number of ether oxygens (including phenoxy) is 2. The molecule has 0 aromatic heterocycles. The second-order valence-corrected chi connectivity index (χ2v) is 3.54. The second kappa shape index (κ2) is 4.26. The molecule has 0 atom stereocenters. The zero-order valence-corrected chi connectivity index (χ0v) is 8.82. The van der Waals surface area contributed by atoms with Gasteiger partial charge in [0.25, 0.3) is 0 Å². The molecule has 0 radical (unpaired) electrons. The molecular weight excluding hydrogens is 190 g/mol. The minimum Gasteiger partial charge on any atom is -0.493 e. The van der Waals surface area contributed by atoms with Crippen LogP contribution < -0.4 is 15.2 Å². The summed E-state index contributed by atoms with van der Waals surface area (Å²) in [6, 6.07) is 3.80. The lowest BCUT2D eigenvalue weighted by molar-refractivity contribution is 0.287. The second-order valence-electron chi connectivity index (χ2n) is 3.54. The van der Waals surface area contributed by atoms with Crippen molar-refractivity contribution in [1.29, 1.82) is 0 Å². The Balaban J connectivity index is 2.31. The van der Waals surface area contributed by atoms with Gasteiger partial charge in [-0.15, -0.1) is 0 Å². The molecule has 15 heavy (non-hydrogen) atoms. The number of fused-ring (bicyclic) bond motifs is 1. The molecule has 0 spiro atoms. The number of allylic oxidation sites excluding steroid dienone is 1. The minimum atomic E-state index is 0.661. The Morgan fingerprint density at radius 2 is 2.33 bits per heavy atom. The first-order chi connectivity index (χ1) is 7.31. The van der Waals surface area contributed by atoms with Crippen LogP contribution in [0.3, 0.4) is 0 Å². The van der Waals surface area contributed by atoms with Crippen LogP contribution in [0.4, 0.5) is 5.69 Å². The fourth-order valence-electron chi connectivity index (χ4n) is 1.64. The molecule has 3 heteroatoms.